The SMILES string of the molecule is C/C=C\C=C/c1cc(C)c(C)n1C. The second-order valence-corrected chi connectivity index (χ2v) is 3.28. The normalized spacial score (nSPS) is 12.0. The van der Waals surface area contributed by atoms with Crippen molar-refractivity contribution in [3.8, 4) is 0 Å². The first-order valence-electron chi connectivity index (χ1n) is 4.59. The topological polar surface area (TPSA) is 4.93 Å². The van der Waals surface area contributed by atoms with Gasteiger partial charge in [-0.05, 0) is 38.5 Å². The predicted octanol–water partition coefficient (Wildman–Crippen LogP) is 3.23. The van der Waals surface area contributed by atoms with Gasteiger partial charge in [-0.1, -0.05) is 18.2 Å². The summed E-state index contributed by atoms with van der Waals surface area (Å²) in [5.41, 5.74) is 3.94. The Labute approximate surface area is 80.4 Å². The molecule has 0 unspecified atom stereocenters. The third-order valence-corrected chi connectivity index (χ3v) is 2.40. The molecule has 0 saturated heterocycles. The molecule has 70 valence electrons. The quantitative estimate of drug-likeness (QED) is 0.608. The van der Waals surface area contributed by atoms with Crippen LogP contribution < -0.4 is 0 Å². The molecule has 0 aliphatic rings. The van der Waals surface area contributed by atoms with Crippen molar-refractivity contribution in [1.82, 2.24) is 4.57 Å². The summed E-state index contributed by atoms with van der Waals surface area (Å²) >= 11 is 0. The van der Waals surface area contributed by atoms with Gasteiger partial charge in [-0.25, -0.2) is 0 Å². The van der Waals surface area contributed by atoms with Crippen molar-refractivity contribution in [2.45, 2.75) is 20.8 Å². The molecule has 1 heterocycles. The first kappa shape index (κ1) is 9.85. The van der Waals surface area contributed by atoms with E-state index in [2.05, 4.69) is 43.7 Å². The number of aryl methyl sites for hydroxylation is 1. The Balaban J connectivity index is 2.96. The Kier molecular flexibility index (Phi) is 3.13. The van der Waals surface area contributed by atoms with Crippen molar-refractivity contribution in [1.29, 1.82) is 0 Å². The van der Waals surface area contributed by atoms with Gasteiger partial charge in [0.05, 0.1) is 0 Å². The zero-order chi connectivity index (χ0) is 9.84. The fraction of sp³-hybridized carbons (Fsp3) is 0.333. The number of hydrogen-bond donors (Lipinski definition) is 0. The van der Waals surface area contributed by atoms with E-state index in [-0.39, 0.29) is 0 Å². The molecule has 0 saturated carbocycles. The second kappa shape index (κ2) is 4.13. The van der Waals surface area contributed by atoms with Crippen LogP contribution in [0.2, 0.25) is 0 Å². The monoisotopic (exact) mass is 175 g/mol. The lowest BCUT2D eigenvalue weighted by atomic mass is 10.3. The van der Waals surface area contributed by atoms with Gasteiger partial charge in [-0.15, -0.1) is 0 Å². The number of nitrogens with zero attached hydrogens (tertiary/aromatic N) is 1. The molecule has 0 bridgehead atoms. The van der Waals surface area contributed by atoms with Crippen LogP contribution in [0, 0.1) is 13.8 Å². The summed E-state index contributed by atoms with van der Waals surface area (Å²) in [6.45, 7) is 6.30. The van der Waals surface area contributed by atoms with Gasteiger partial charge in [0.25, 0.3) is 0 Å². The summed E-state index contributed by atoms with van der Waals surface area (Å²) in [5, 5.41) is 0. The molecule has 0 amide bonds. The Bertz CT molecular complexity index is 340. The lowest BCUT2D eigenvalue weighted by Crippen LogP contribution is -1.92. The van der Waals surface area contributed by atoms with E-state index < -0.39 is 0 Å². The fourth-order valence-electron chi connectivity index (χ4n) is 1.31. The summed E-state index contributed by atoms with van der Waals surface area (Å²) in [4.78, 5) is 0. The Hall–Kier alpha value is -1.24. The van der Waals surface area contributed by atoms with Crippen LogP contribution in [-0.2, 0) is 7.05 Å². The molecule has 1 aromatic rings. The maximum absolute atomic E-state index is 2.20. The number of rotatable bonds is 2. The van der Waals surface area contributed by atoms with E-state index in [1.54, 1.807) is 0 Å². The molecule has 0 radical (unpaired) electrons. The fourth-order valence-corrected chi connectivity index (χ4v) is 1.31. The van der Waals surface area contributed by atoms with E-state index in [1.807, 2.05) is 19.1 Å². The van der Waals surface area contributed by atoms with Gasteiger partial charge in [0.15, 0.2) is 0 Å². The summed E-state index contributed by atoms with van der Waals surface area (Å²) in [7, 11) is 2.09. The first-order chi connectivity index (χ1) is 6.16. The molecule has 1 rings (SSSR count). The van der Waals surface area contributed by atoms with Gasteiger partial charge in [-0.2, -0.15) is 0 Å². The van der Waals surface area contributed by atoms with Crippen molar-refractivity contribution in [3.63, 3.8) is 0 Å². The van der Waals surface area contributed by atoms with Gasteiger partial charge < -0.3 is 4.57 Å². The number of aromatic nitrogens is 1. The molecule has 13 heavy (non-hydrogen) atoms. The van der Waals surface area contributed by atoms with E-state index in [4.69, 9.17) is 0 Å². The number of allylic oxidation sites excluding steroid dienone is 3. The maximum Gasteiger partial charge on any atom is 0.0408 e. The lowest BCUT2D eigenvalue weighted by molar-refractivity contribution is 0.866. The lowest BCUT2D eigenvalue weighted by Gasteiger charge is -1.99. The van der Waals surface area contributed by atoms with Crippen molar-refractivity contribution >= 4 is 6.08 Å². The molecule has 0 aliphatic carbocycles. The van der Waals surface area contributed by atoms with Crippen LogP contribution in [0.5, 0.6) is 0 Å². The molecule has 0 spiro atoms. The molecule has 0 aromatic carbocycles. The van der Waals surface area contributed by atoms with Crippen LogP contribution in [0.3, 0.4) is 0 Å². The average molecular weight is 175 g/mol. The van der Waals surface area contributed by atoms with Crippen molar-refractivity contribution in [3.05, 3.63) is 41.2 Å². The van der Waals surface area contributed by atoms with Crippen LogP contribution in [0.1, 0.15) is 23.9 Å². The van der Waals surface area contributed by atoms with Crippen LogP contribution in [0.25, 0.3) is 6.08 Å². The van der Waals surface area contributed by atoms with Crippen molar-refractivity contribution in [2.24, 2.45) is 7.05 Å². The summed E-state index contributed by atoms with van der Waals surface area (Å²) in [6.07, 6.45) is 8.25. The zero-order valence-electron chi connectivity index (χ0n) is 8.83. The molecular formula is C12H17N. The average Bonchev–Trinajstić information content (AvgIpc) is 2.34. The van der Waals surface area contributed by atoms with Crippen LogP contribution in [0.15, 0.2) is 24.3 Å². The van der Waals surface area contributed by atoms with Crippen molar-refractivity contribution in [2.75, 3.05) is 0 Å². The standard InChI is InChI=1S/C12H17N/c1-5-6-7-8-12-9-10(2)11(3)13(12)4/h5-9H,1-4H3/b6-5-,8-7-. The zero-order valence-corrected chi connectivity index (χ0v) is 8.83. The summed E-state index contributed by atoms with van der Waals surface area (Å²) in [5.74, 6) is 0. The van der Waals surface area contributed by atoms with E-state index >= 15 is 0 Å². The van der Waals surface area contributed by atoms with E-state index in [9.17, 15) is 0 Å². The predicted molar refractivity (Wildman–Crippen MR) is 58.7 cm³/mol. The van der Waals surface area contributed by atoms with E-state index in [0.29, 0.717) is 0 Å². The summed E-state index contributed by atoms with van der Waals surface area (Å²) < 4.78 is 2.20. The highest BCUT2D eigenvalue weighted by Gasteiger charge is 2.00. The van der Waals surface area contributed by atoms with Gasteiger partial charge >= 0.3 is 0 Å². The van der Waals surface area contributed by atoms with Crippen LogP contribution in [0.4, 0.5) is 0 Å². The highest BCUT2D eigenvalue weighted by molar-refractivity contribution is 5.50. The minimum atomic E-state index is 1.26. The Morgan fingerprint density at radius 2 is 1.92 bits per heavy atom. The smallest absolute Gasteiger partial charge is 0.0408 e. The van der Waals surface area contributed by atoms with Gasteiger partial charge in [0.2, 0.25) is 0 Å². The van der Waals surface area contributed by atoms with Crippen molar-refractivity contribution < 1.29 is 0 Å². The van der Waals surface area contributed by atoms with Gasteiger partial charge in [0.1, 0.15) is 0 Å². The van der Waals surface area contributed by atoms with E-state index in [0.717, 1.165) is 0 Å². The molecule has 1 heteroatoms. The molecule has 0 atom stereocenters. The summed E-state index contributed by atoms with van der Waals surface area (Å²) in [6, 6.07) is 2.20. The number of hydrogen-bond acceptors (Lipinski definition) is 0. The third kappa shape index (κ3) is 2.11. The van der Waals surface area contributed by atoms with E-state index in [1.165, 1.54) is 17.0 Å². The minimum absolute atomic E-state index is 1.26. The largest absolute Gasteiger partial charge is 0.348 e. The molecule has 0 N–H and O–H groups in total. The Morgan fingerprint density at radius 1 is 1.23 bits per heavy atom. The second-order valence-electron chi connectivity index (χ2n) is 3.28. The minimum Gasteiger partial charge on any atom is -0.348 e. The third-order valence-electron chi connectivity index (χ3n) is 2.40. The maximum atomic E-state index is 2.20. The highest BCUT2D eigenvalue weighted by Crippen LogP contribution is 2.13. The highest BCUT2D eigenvalue weighted by atomic mass is 14.9. The van der Waals surface area contributed by atoms with Crippen LogP contribution in [-0.4, -0.2) is 4.57 Å². The Morgan fingerprint density at radius 3 is 2.38 bits per heavy atom. The molecule has 1 nitrogen and oxygen atoms in total. The molecular weight excluding hydrogens is 158 g/mol. The molecule has 0 aliphatic heterocycles. The molecule has 0 fully saturated rings. The molecule has 1 aromatic heterocycles. The van der Waals surface area contributed by atoms with Crippen LogP contribution >= 0.6 is 0 Å². The van der Waals surface area contributed by atoms with Gasteiger partial charge in [0, 0.05) is 18.4 Å². The first-order valence-corrected chi connectivity index (χ1v) is 4.59. The van der Waals surface area contributed by atoms with Gasteiger partial charge in [-0.3, -0.25) is 0 Å².